The zero-order valence-electron chi connectivity index (χ0n) is 11.9. The summed E-state index contributed by atoms with van der Waals surface area (Å²) in [6.45, 7) is 5.31. The van der Waals surface area contributed by atoms with E-state index in [1.807, 2.05) is 0 Å². The van der Waals surface area contributed by atoms with E-state index in [1.54, 1.807) is 12.1 Å². The summed E-state index contributed by atoms with van der Waals surface area (Å²) in [4.78, 5) is 4.33. The lowest BCUT2D eigenvalue weighted by Gasteiger charge is -2.10. The van der Waals surface area contributed by atoms with Crippen molar-refractivity contribution in [2.45, 2.75) is 39.2 Å². The van der Waals surface area contributed by atoms with E-state index >= 15 is 0 Å². The minimum Gasteiger partial charge on any atom is -0.339 e. The highest BCUT2D eigenvalue weighted by Crippen LogP contribution is 2.16. The molecule has 0 spiro atoms. The number of rotatable bonds is 7. The van der Waals surface area contributed by atoms with Gasteiger partial charge < -0.3 is 9.84 Å². The van der Waals surface area contributed by atoms with E-state index in [9.17, 15) is 4.39 Å². The zero-order chi connectivity index (χ0) is 14.4. The van der Waals surface area contributed by atoms with Gasteiger partial charge in [-0.3, -0.25) is 0 Å². The van der Waals surface area contributed by atoms with Gasteiger partial charge in [-0.2, -0.15) is 4.98 Å². The van der Waals surface area contributed by atoms with Crippen molar-refractivity contribution in [1.29, 1.82) is 0 Å². The summed E-state index contributed by atoms with van der Waals surface area (Å²) < 4.78 is 18.1. The largest absolute Gasteiger partial charge is 0.339 e. The van der Waals surface area contributed by atoms with Gasteiger partial charge in [-0.15, -0.1) is 0 Å². The standard InChI is InChI=1S/C15H20FN3O/c1-3-10-17-11(2)4-9-14-18-15(19-20-14)12-5-7-13(16)8-6-12/h5-8,11,17H,3-4,9-10H2,1-2H3. The Morgan fingerprint density at radius 1 is 1.30 bits per heavy atom. The van der Waals surface area contributed by atoms with E-state index in [2.05, 4.69) is 29.3 Å². The monoisotopic (exact) mass is 277 g/mol. The van der Waals surface area contributed by atoms with Crippen LogP contribution >= 0.6 is 0 Å². The Bertz CT molecular complexity index is 524. The van der Waals surface area contributed by atoms with Crippen LogP contribution in [0.2, 0.25) is 0 Å². The molecule has 2 aromatic rings. The van der Waals surface area contributed by atoms with Gasteiger partial charge in [0.2, 0.25) is 11.7 Å². The average Bonchev–Trinajstić information content (AvgIpc) is 2.92. The zero-order valence-corrected chi connectivity index (χ0v) is 11.9. The Balaban J connectivity index is 1.90. The van der Waals surface area contributed by atoms with E-state index in [-0.39, 0.29) is 5.82 Å². The molecule has 0 aliphatic carbocycles. The Labute approximate surface area is 118 Å². The highest BCUT2D eigenvalue weighted by Gasteiger charge is 2.10. The molecule has 1 heterocycles. The number of nitrogens with one attached hydrogen (secondary N) is 1. The molecule has 1 aromatic heterocycles. The number of nitrogens with zero attached hydrogens (tertiary/aromatic N) is 2. The molecule has 4 nitrogen and oxygen atoms in total. The van der Waals surface area contributed by atoms with Crippen molar-refractivity contribution in [3.8, 4) is 11.4 Å². The summed E-state index contributed by atoms with van der Waals surface area (Å²) in [5, 5.41) is 7.34. The maximum absolute atomic E-state index is 12.8. The molecular formula is C15H20FN3O. The lowest BCUT2D eigenvalue weighted by atomic mass is 10.2. The van der Waals surface area contributed by atoms with Crippen molar-refractivity contribution in [1.82, 2.24) is 15.5 Å². The molecule has 0 saturated carbocycles. The highest BCUT2D eigenvalue weighted by molar-refractivity contribution is 5.53. The van der Waals surface area contributed by atoms with E-state index < -0.39 is 0 Å². The van der Waals surface area contributed by atoms with E-state index in [4.69, 9.17) is 4.52 Å². The van der Waals surface area contributed by atoms with Gasteiger partial charge in [0.25, 0.3) is 0 Å². The van der Waals surface area contributed by atoms with Crippen LogP contribution in [0.4, 0.5) is 4.39 Å². The highest BCUT2D eigenvalue weighted by atomic mass is 19.1. The second-order valence-electron chi connectivity index (χ2n) is 4.91. The molecule has 1 atom stereocenters. The quantitative estimate of drug-likeness (QED) is 0.844. The molecule has 0 radical (unpaired) electrons. The third-order valence-electron chi connectivity index (χ3n) is 3.10. The molecule has 0 amide bonds. The molecular weight excluding hydrogens is 257 g/mol. The topological polar surface area (TPSA) is 51.0 Å². The molecule has 0 fully saturated rings. The van der Waals surface area contributed by atoms with Crippen LogP contribution in [0.15, 0.2) is 28.8 Å². The van der Waals surface area contributed by atoms with Crippen molar-refractivity contribution in [2.75, 3.05) is 6.54 Å². The van der Waals surface area contributed by atoms with E-state index in [1.165, 1.54) is 12.1 Å². The number of halogens is 1. The first kappa shape index (κ1) is 14.7. The maximum Gasteiger partial charge on any atom is 0.227 e. The van der Waals surface area contributed by atoms with Crippen molar-refractivity contribution in [3.05, 3.63) is 36.0 Å². The third-order valence-corrected chi connectivity index (χ3v) is 3.10. The first-order valence-corrected chi connectivity index (χ1v) is 7.01. The lowest BCUT2D eigenvalue weighted by molar-refractivity contribution is 0.367. The second kappa shape index (κ2) is 7.14. The molecule has 1 aromatic carbocycles. The van der Waals surface area contributed by atoms with Gasteiger partial charge in [0.1, 0.15) is 5.82 Å². The predicted molar refractivity (Wildman–Crippen MR) is 75.8 cm³/mol. The smallest absolute Gasteiger partial charge is 0.227 e. The first-order chi connectivity index (χ1) is 9.69. The van der Waals surface area contributed by atoms with Gasteiger partial charge in [0.05, 0.1) is 0 Å². The molecule has 1 N–H and O–H groups in total. The van der Waals surface area contributed by atoms with Crippen LogP contribution in [0.25, 0.3) is 11.4 Å². The number of aromatic nitrogens is 2. The van der Waals surface area contributed by atoms with Crippen LogP contribution in [0.5, 0.6) is 0 Å². The second-order valence-corrected chi connectivity index (χ2v) is 4.91. The molecule has 0 aliphatic rings. The summed E-state index contributed by atoms with van der Waals surface area (Å²) >= 11 is 0. The Hall–Kier alpha value is -1.75. The maximum atomic E-state index is 12.8. The molecule has 0 bridgehead atoms. The van der Waals surface area contributed by atoms with Crippen LogP contribution in [0.1, 0.15) is 32.6 Å². The van der Waals surface area contributed by atoms with Crippen LogP contribution in [-0.4, -0.2) is 22.7 Å². The fourth-order valence-electron chi connectivity index (χ4n) is 1.91. The van der Waals surface area contributed by atoms with Crippen molar-refractivity contribution < 1.29 is 8.91 Å². The van der Waals surface area contributed by atoms with Gasteiger partial charge in [0.15, 0.2) is 0 Å². The van der Waals surface area contributed by atoms with Crippen molar-refractivity contribution in [3.63, 3.8) is 0 Å². The Morgan fingerprint density at radius 2 is 2.05 bits per heavy atom. The van der Waals surface area contributed by atoms with Crippen LogP contribution in [-0.2, 0) is 6.42 Å². The first-order valence-electron chi connectivity index (χ1n) is 7.01. The van der Waals surface area contributed by atoms with Crippen LogP contribution < -0.4 is 5.32 Å². The average molecular weight is 277 g/mol. The summed E-state index contributed by atoms with van der Waals surface area (Å²) in [7, 11) is 0. The number of hydrogen-bond acceptors (Lipinski definition) is 4. The number of aryl methyl sites for hydroxylation is 1. The van der Waals surface area contributed by atoms with Gasteiger partial charge in [-0.25, -0.2) is 4.39 Å². The van der Waals surface area contributed by atoms with Crippen LogP contribution in [0.3, 0.4) is 0 Å². The van der Waals surface area contributed by atoms with Crippen molar-refractivity contribution >= 4 is 0 Å². The summed E-state index contributed by atoms with van der Waals surface area (Å²) in [6.07, 6.45) is 2.82. The number of benzene rings is 1. The predicted octanol–water partition coefficient (Wildman–Crippen LogP) is 3.20. The van der Waals surface area contributed by atoms with Crippen LogP contribution in [0, 0.1) is 5.82 Å². The van der Waals surface area contributed by atoms with Gasteiger partial charge in [-0.05, 0) is 50.6 Å². The summed E-state index contributed by atoms with van der Waals surface area (Å²) in [6, 6.07) is 6.51. The molecule has 2 rings (SSSR count). The third kappa shape index (κ3) is 4.13. The SMILES string of the molecule is CCCNC(C)CCc1nc(-c2ccc(F)cc2)no1. The van der Waals surface area contributed by atoms with E-state index in [0.29, 0.717) is 17.8 Å². The van der Waals surface area contributed by atoms with Gasteiger partial charge in [-0.1, -0.05) is 12.1 Å². The molecule has 108 valence electrons. The minimum absolute atomic E-state index is 0.270. The molecule has 0 aliphatic heterocycles. The molecule has 0 saturated heterocycles. The molecule has 1 unspecified atom stereocenters. The number of hydrogen-bond donors (Lipinski definition) is 1. The van der Waals surface area contributed by atoms with Gasteiger partial charge in [0, 0.05) is 18.0 Å². The Kier molecular flexibility index (Phi) is 5.24. The fraction of sp³-hybridized carbons (Fsp3) is 0.467. The van der Waals surface area contributed by atoms with Gasteiger partial charge >= 0.3 is 0 Å². The van der Waals surface area contributed by atoms with E-state index in [0.717, 1.165) is 31.4 Å². The molecule has 5 heteroatoms. The molecule has 20 heavy (non-hydrogen) atoms. The van der Waals surface area contributed by atoms with Crippen molar-refractivity contribution in [2.24, 2.45) is 0 Å². The Morgan fingerprint density at radius 3 is 2.75 bits per heavy atom. The minimum atomic E-state index is -0.270. The normalized spacial score (nSPS) is 12.6. The fourth-order valence-corrected chi connectivity index (χ4v) is 1.91. The summed E-state index contributed by atoms with van der Waals surface area (Å²) in [5.74, 6) is 0.858. The summed E-state index contributed by atoms with van der Waals surface area (Å²) in [5.41, 5.74) is 0.763. The lowest BCUT2D eigenvalue weighted by Crippen LogP contribution is -2.27.